The van der Waals surface area contributed by atoms with Crippen molar-refractivity contribution in [3.8, 4) is 0 Å². The van der Waals surface area contributed by atoms with E-state index in [0.717, 1.165) is 44.9 Å². The first kappa shape index (κ1) is 19.8. The number of nitrogens with zero attached hydrogens (tertiary/aromatic N) is 2. The van der Waals surface area contributed by atoms with Crippen molar-refractivity contribution in [1.82, 2.24) is 15.6 Å². The minimum absolute atomic E-state index is 0.160. The van der Waals surface area contributed by atoms with Crippen molar-refractivity contribution in [1.29, 1.82) is 0 Å². The summed E-state index contributed by atoms with van der Waals surface area (Å²) in [6.07, 6.45) is 6.41. The SMILES string of the molecule is CCc1cnc(CCNC(=NC)NCC2CCCOC2c2ccccc2)s1. The zero-order valence-electron chi connectivity index (χ0n) is 16.3. The van der Waals surface area contributed by atoms with Crippen LogP contribution >= 0.6 is 11.3 Å². The molecular weight excluding hydrogens is 356 g/mol. The van der Waals surface area contributed by atoms with Crippen LogP contribution in [0.4, 0.5) is 0 Å². The Morgan fingerprint density at radius 1 is 1.30 bits per heavy atom. The lowest BCUT2D eigenvalue weighted by atomic mass is 9.89. The third-order valence-electron chi connectivity index (χ3n) is 4.91. The molecular formula is C21H30N4OS. The van der Waals surface area contributed by atoms with Crippen molar-refractivity contribution < 1.29 is 4.74 Å². The molecule has 146 valence electrons. The highest BCUT2D eigenvalue weighted by Crippen LogP contribution is 2.33. The lowest BCUT2D eigenvalue weighted by Crippen LogP contribution is -2.42. The molecule has 1 saturated heterocycles. The number of ether oxygens (including phenoxy) is 1. The van der Waals surface area contributed by atoms with E-state index in [-0.39, 0.29) is 6.10 Å². The Labute approximate surface area is 166 Å². The summed E-state index contributed by atoms with van der Waals surface area (Å²) in [6.45, 7) is 4.70. The first-order valence-corrected chi connectivity index (χ1v) is 10.7. The highest BCUT2D eigenvalue weighted by molar-refractivity contribution is 7.11. The molecule has 0 radical (unpaired) electrons. The molecule has 0 saturated carbocycles. The van der Waals surface area contributed by atoms with Crippen molar-refractivity contribution in [3.05, 3.63) is 52.0 Å². The number of benzene rings is 1. The van der Waals surface area contributed by atoms with Crippen LogP contribution in [0.1, 0.15) is 41.3 Å². The van der Waals surface area contributed by atoms with Gasteiger partial charge in [-0.25, -0.2) is 4.98 Å². The Morgan fingerprint density at radius 2 is 2.15 bits per heavy atom. The number of guanidine groups is 1. The van der Waals surface area contributed by atoms with Gasteiger partial charge in [0.05, 0.1) is 11.1 Å². The Bertz CT molecular complexity index is 716. The molecule has 1 aromatic carbocycles. The first-order valence-electron chi connectivity index (χ1n) is 9.84. The summed E-state index contributed by atoms with van der Waals surface area (Å²) in [4.78, 5) is 10.2. The van der Waals surface area contributed by atoms with Crippen LogP contribution in [0.5, 0.6) is 0 Å². The van der Waals surface area contributed by atoms with Crippen LogP contribution in [-0.2, 0) is 17.6 Å². The van der Waals surface area contributed by atoms with Gasteiger partial charge in [0, 0.05) is 50.2 Å². The Hall–Kier alpha value is -1.92. The zero-order chi connectivity index (χ0) is 18.9. The summed E-state index contributed by atoms with van der Waals surface area (Å²) in [6, 6.07) is 10.5. The van der Waals surface area contributed by atoms with Crippen LogP contribution < -0.4 is 10.6 Å². The number of aromatic nitrogens is 1. The number of aryl methyl sites for hydroxylation is 1. The fourth-order valence-corrected chi connectivity index (χ4v) is 4.29. The molecule has 1 aliphatic rings. The van der Waals surface area contributed by atoms with Crippen LogP contribution in [-0.4, -0.2) is 37.7 Å². The van der Waals surface area contributed by atoms with Crippen LogP contribution in [0, 0.1) is 5.92 Å². The van der Waals surface area contributed by atoms with Gasteiger partial charge in [0.2, 0.25) is 0 Å². The summed E-state index contributed by atoms with van der Waals surface area (Å²) in [5, 5.41) is 8.07. The molecule has 0 amide bonds. The predicted molar refractivity (Wildman–Crippen MR) is 112 cm³/mol. The Balaban J connectivity index is 1.47. The van der Waals surface area contributed by atoms with Crippen molar-refractivity contribution in [2.75, 3.05) is 26.7 Å². The van der Waals surface area contributed by atoms with Gasteiger partial charge in [-0.3, -0.25) is 4.99 Å². The van der Waals surface area contributed by atoms with E-state index in [1.807, 2.05) is 13.2 Å². The van der Waals surface area contributed by atoms with Gasteiger partial charge in [-0.2, -0.15) is 0 Å². The summed E-state index contributed by atoms with van der Waals surface area (Å²) in [7, 11) is 1.82. The quantitative estimate of drug-likeness (QED) is 0.564. The van der Waals surface area contributed by atoms with Crippen molar-refractivity contribution >= 4 is 17.3 Å². The fraction of sp³-hybridized carbons (Fsp3) is 0.524. The van der Waals surface area contributed by atoms with E-state index >= 15 is 0 Å². The van der Waals surface area contributed by atoms with Gasteiger partial charge < -0.3 is 15.4 Å². The summed E-state index contributed by atoms with van der Waals surface area (Å²) < 4.78 is 6.09. The van der Waals surface area contributed by atoms with Gasteiger partial charge in [-0.15, -0.1) is 11.3 Å². The van der Waals surface area contributed by atoms with Gasteiger partial charge in [-0.05, 0) is 24.8 Å². The highest BCUT2D eigenvalue weighted by atomic mass is 32.1. The first-order chi connectivity index (χ1) is 13.3. The van der Waals surface area contributed by atoms with Gasteiger partial charge >= 0.3 is 0 Å². The molecule has 1 aromatic heterocycles. The highest BCUT2D eigenvalue weighted by Gasteiger charge is 2.27. The van der Waals surface area contributed by atoms with Crippen LogP contribution in [0.15, 0.2) is 41.5 Å². The van der Waals surface area contributed by atoms with Crippen molar-refractivity contribution in [3.63, 3.8) is 0 Å². The molecule has 1 fully saturated rings. The minimum Gasteiger partial charge on any atom is -0.373 e. The molecule has 6 heteroatoms. The number of rotatable bonds is 7. The minimum atomic E-state index is 0.160. The van der Waals surface area contributed by atoms with Crippen LogP contribution in [0.2, 0.25) is 0 Å². The Kier molecular flexibility index (Phi) is 7.66. The van der Waals surface area contributed by atoms with E-state index < -0.39 is 0 Å². The zero-order valence-corrected chi connectivity index (χ0v) is 17.1. The molecule has 3 rings (SSSR count). The van der Waals surface area contributed by atoms with Crippen LogP contribution in [0.25, 0.3) is 0 Å². The van der Waals surface area contributed by atoms with Gasteiger partial charge in [0.25, 0.3) is 0 Å². The smallest absolute Gasteiger partial charge is 0.191 e. The third-order valence-corrected chi connectivity index (χ3v) is 6.11. The third kappa shape index (κ3) is 5.78. The lowest BCUT2D eigenvalue weighted by molar-refractivity contribution is -0.0265. The van der Waals surface area contributed by atoms with Gasteiger partial charge in [-0.1, -0.05) is 37.3 Å². The second-order valence-electron chi connectivity index (χ2n) is 6.81. The van der Waals surface area contributed by atoms with Crippen molar-refractivity contribution in [2.45, 2.75) is 38.7 Å². The molecule has 0 bridgehead atoms. The molecule has 2 unspecified atom stereocenters. The average Bonchev–Trinajstić information content (AvgIpc) is 3.19. The van der Waals surface area contributed by atoms with Crippen molar-refractivity contribution in [2.24, 2.45) is 10.9 Å². The number of nitrogens with one attached hydrogen (secondary N) is 2. The summed E-state index contributed by atoms with van der Waals surface area (Å²) in [5.74, 6) is 1.30. The molecule has 2 N–H and O–H groups in total. The molecule has 2 aromatic rings. The van der Waals surface area contributed by atoms with Gasteiger partial charge in [0.1, 0.15) is 0 Å². The number of aliphatic imine (C=N–C) groups is 1. The molecule has 2 heterocycles. The van der Waals surface area contributed by atoms with E-state index in [4.69, 9.17) is 4.74 Å². The average molecular weight is 387 g/mol. The van der Waals surface area contributed by atoms with E-state index in [1.165, 1.54) is 21.9 Å². The maximum absolute atomic E-state index is 6.09. The molecule has 0 aliphatic carbocycles. The van der Waals surface area contributed by atoms with E-state index in [1.54, 1.807) is 11.3 Å². The standard InChI is InChI=1S/C21H30N4OS/c1-3-18-15-24-19(27-18)11-12-23-21(22-2)25-14-17-10-7-13-26-20(17)16-8-5-4-6-9-16/h4-6,8-9,15,17,20H,3,7,10-14H2,1-2H3,(H2,22,23,25). The number of hydrogen-bond acceptors (Lipinski definition) is 4. The van der Waals surface area contributed by atoms with Crippen LogP contribution in [0.3, 0.4) is 0 Å². The predicted octanol–water partition coefficient (Wildman–Crippen LogP) is 3.58. The molecule has 2 atom stereocenters. The monoisotopic (exact) mass is 386 g/mol. The molecule has 27 heavy (non-hydrogen) atoms. The molecule has 5 nitrogen and oxygen atoms in total. The van der Waals surface area contributed by atoms with E-state index in [0.29, 0.717) is 5.92 Å². The Morgan fingerprint density at radius 3 is 2.89 bits per heavy atom. The topological polar surface area (TPSA) is 58.5 Å². The second kappa shape index (κ2) is 10.4. The largest absolute Gasteiger partial charge is 0.373 e. The molecule has 1 aliphatic heterocycles. The van der Waals surface area contributed by atoms with E-state index in [2.05, 4.69) is 57.9 Å². The number of hydrogen-bond donors (Lipinski definition) is 2. The fourth-order valence-electron chi connectivity index (χ4n) is 3.43. The lowest BCUT2D eigenvalue weighted by Gasteiger charge is -2.32. The summed E-state index contributed by atoms with van der Waals surface area (Å²) in [5.41, 5.74) is 1.27. The van der Waals surface area contributed by atoms with E-state index in [9.17, 15) is 0 Å². The molecule has 0 spiro atoms. The normalized spacial score (nSPS) is 20.4. The summed E-state index contributed by atoms with van der Waals surface area (Å²) >= 11 is 1.80. The maximum Gasteiger partial charge on any atom is 0.191 e. The maximum atomic E-state index is 6.09. The number of thiazole rings is 1. The second-order valence-corrected chi connectivity index (χ2v) is 8.01. The van der Waals surface area contributed by atoms with Gasteiger partial charge in [0.15, 0.2) is 5.96 Å².